The van der Waals surface area contributed by atoms with Crippen LogP contribution in [0.3, 0.4) is 0 Å². The van der Waals surface area contributed by atoms with Crippen molar-refractivity contribution in [1.82, 2.24) is 19.8 Å². The zero-order valence-electron chi connectivity index (χ0n) is 16.2. The van der Waals surface area contributed by atoms with Gasteiger partial charge in [0.2, 0.25) is 5.91 Å². The number of benzene rings is 1. The molecule has 0 saturated carbocycles. The Kier molecular flexibility index (Phi) is 6.68. The fourth-order valence-electron chi connectivity index (χ4n) is 3.02. The molecule has 1 aromatic heterocycles. The average molecular weight is 386 g/mol. The first-order chi connectivity index (χ1) is 13.0. The van der Waals surface area contributed by atoms with E-state index in [9.17, 15) is 4.79 Å². The highest BCUT2D eigenvalue weighted by molar-refractivity contribution is 8.02. The van der Waals surface area contributed by atoms with Gasteiger partial charge in [-0.05, 0) is 44.6 Å². The predicted molar refractivity (Wildman–Crippen MR) is 113 cm³/mol. The maximum Gasteiger partial charge on any atom is 0.230 e. The van der Waals surface area contributed by atoms with Gasteiger partial charge in [0.25, 0.3) is 0 Å². The van der Waals surface area contributed by atoms with E-state index in [1.165, 1.54) is 0 Å². The molecule has 1 amide bonds. The highest BCUT2D eigenvalue weighted by Gasteiger charge is 2.23. The number of rotatable bonds is 8. The molecule has 1 aliphatic heterocycles. The summed E-state index contributed by atoms with van der Waals surface area (Å²) >= 11 is 1.68. The summed E-state index contributed by atoms with van der Waals surface area (Å²) in [7, 11) is 5.97. The van der Waals surface area contributed by atoms with Gasteiger partial charge in [0, 0.05) is 24.7 Å². The number of carbonyl (C=O) groups is 1. The molecule has 0 fully saturated rings. The van der Waals surface area contributed by atoms with E-state index in [1.54, 1.807) is 16.7 Å². The van der Waals surface area contributed by atoms with Gasteiger partial charge in [-0.3, -0.25) is 4.79 Å². The molecule has 0 saturated heterocycles. The molecule has 6 nitrogen and oxygen atoms in total. The molecule has 27 heavy (non-hydrogen) atoms. The van der Waals surface area contributed by atoms with Crippen LogP contribution in [0.5, 0.6) is 0 Å². The van der Waals surface area contributed by atoms with E-state index in [1.807, 2.05) is 42.8 Å². The van der Waals surface area contributed by atoms with Crippen molar-refractivity contribution in [1.29, 1.82) is 0 Å². The summed E-state index contributed by atoms with van der Waals surface area (Å²) in [4.78, 5) is 25.8. The monoisotopic (exact) mass is 385 g/mol. The molecule has 0 spiro atoms. The van der Waals surface area contributed by atoms with E-state index in [0.717, 1.165) is 42.0 Å². The second-order valence-corrected chi connectivity index (χ2v) is 7.99. The zero-order valence-corrected chi connectivity index (χ0v) is 17.0. The van der Waals surface area contributed by atoms with Crippen LogP contribution >= 0.6 is 11.8 Å². The summed E-state index contributed by atoms with van der Waals surface area (Å²) in [6, 6.07) is 7.99. The first-order valence-electron chi connectivity index (χ1n) is 9.22. The van der Waals surface area contributed by atoms with Crippen LogP contribution in [-0.2, 0) is 11.3 Å². The van der Waals surface area contributed by atoms with Crippen molar-refractivity contribution >= 4 is 34.4 Å². The molecular weight excluding hydrogens is 358 g/mol. The molecule has 1 N–H and O–H groups in total. The number of hydrogen-bond donors (Lipinski definition) is 1. The quantitative estimate of drug-likeness (QED) is 0.705. The average Bonchev–Trinajstić information content (AvgIpc) is 3.19. The van der Waals surface area contributed by atoms with Crippen LogP contribution in [0.15, 0.2) is 35.7 Å². The second kappa shape index (κ2) is 9.19. The van der Waals surface area contributed by atoms with Gasteiger partial charge >= 0.3 is 0 Å². The minimum Gasteiger partial charge on any atom is -0.369 e. The molecule has 1 atom stereocenters. The molecule has 144 valence electrons. The van der Waals surface area contributed by atoms with Crippen molar-refractivity contribution in [2.45, 2.75) is 13.0 Å². The predicted octanol–water partition coefficient (Wildman–Crippen LogP) is 2.83. The van der Waals surface area contributed by atoms with E-state index < -0.39 is 0 Å². The molecule has 3 rings (SSSR count). The largest absolute Gasteiger partial charge is 0.369 e. The topological polar surface area (TPSA) is 61.4 Å². The van der Waals surface area contributed by atoms with Crippen LogP contribution in [0, 0.1) is 5.92 Å². The lowest BCUT2D eigenvalue weighted by molar-refractivity contribution is -0.132. The van der Waals surface area contributed by atoms with Gasteiger partial charge in [0.1, 0.15) is 5.82 Å². The lowest BCUT2D eigenvalue weighted by Gasteiger charge is -2.20. The lowest BCUT2D eigenvalue weighted by atomic mass is 10.1. The molecule has 1 aromatic carbocycles. The SMILES string of the molecule is CN(C)CCCNc1nc(CN(C)C(=O)C2C=CSC2)nc2ccccc12. The minimum atomic E-state index is -0.0379. The number of anilines is 1. The Bertz CT molecular complexity index is 823. The highest BCUT2D eigenvalue weighted by atomic mass is 32.2. The normalized spacial score (nSPS) is 16.2. The van der Waals surface area contributed by atoms with Crippen LogP contribution < -0.4 is 5.32 Å². The first-order valence-corrected chi connectivity index (χ1v) is 10.3. The number of aromatic nitrogens is 2. The standard InChI is InChI=1S/C20H27N5OS/c1-24(2)11-6-10-21-19-16-7-4-5-8-17(16)22-18(23-19)13-25(3)20(26)15-9-12-27-14-15/h4-5,7-9,12,15H,6,10-11,13-14H2,1-3H3,(H,21,22,23). The fraction of sp³-hybridized carbons (Fsp3) is 0.450. The molecule has 2 heterocycles. The Morgan fingerprint density at radius 3 is 2.81 bits per heavy atom. The summed E-state index contributed by atoms with van der Waals surface area (Å²) in [5.41, 5.74) is 0.898. The molecule has 0 radical (unpaired) electrons. The number of amides is 1. The summed E-state index contributed by atoms with van der Waals surface area (Å²) in [5, 5.41) is 6.45. The summed E-state index contributed by atoms with van der Waals surface area (Å²) in [6.07, 6.45) is 3.01. The lowest BCUT2D eigenvalue weighted by Crippen LogP contribution is -2.32. The Balaban J connectivity index is 1.74. The van der Waals surface area contributed by atoms with E-state index in [-0.39, 0.29) is 11.8 Å². The van der Waals surface area contributed by atoms with Crippen molar-refractivity contribution in [3.8, 4) is 0 Å². The molecule has 0 aliphatic carbocycles. The number of carbonyl (C=O) groups excluding carboxylic acids is 1. The number of hydrogen-bond acceptors (Lipinski definition) is 6. The van der Waals surface area contributed by atoms with Gasteiger partial charge in [0.15, 0.2) is 5.82 Å². The van der Waals surface area contributed by atoms with Crippen LogP contribution in [-0.4, -0.2) is 65.7 Å². The summed E-state index contributed by atoms with van der Waals surface area (Å²) in [5.74, 6) is 2.40. The third kappa shape index (κ3) is 5.20. The first kappa shape index (κ1) is 19.6. The van der Waals surface area contributed by atoms with E-state index in [2.05, 4.69) is 29.3 Å². The number of thioether (sulfide) groups is 1. The Labute approximate surface area is 165 Å². The van der Waals surface area contributed by atoms with Crippen molar-refractivity contribution in [2.24, 2.45) is 5.92 Å². The van der Waals surface area contributed by atoms with Crippen LogP contribution in [0.4, 0.5) is 5.82 Å². The van der Waals surface area contributed by atoms with Crippen LogP contribution in [0.2, 0.25) is 0 Å². The van der Waals surface area contributed by atoms with E-state index in [4.69, 9.17) is 4.98 Å². The molecule has 0 bridgehead atoms. The zero-order chi connectivity index (χ0) is 19.2. The molecule has 2 aromatic rings. The fourth-order valence-corrected chi connectivity index (χ4v) is 3.90. The van der Waals surface area contributed by atoms with Gasteiger partial charge in [-0.2, -0.15) is 0 Å². The Morgan fingerprint density at radius 2 is 2.07 bits per heavy atom. The van der Waals surface area contributed by atoms with Gasteiger partial charge in [0.05, 0.1) is 18.0 Å². The Morgan fingerprint density at radius 1 is 1.26 bits per heavy atom. The highest BCUT2D eigenvalue weighted by Crippen LogP contribution is 2.23. The summed E-state index contributed by atoms with van der Waals surface area (Å²) in [6.45, 7) is 2.27. The number of para-hydroxylation sites is 1. The molecular formula is C20H27N5OS. The van der Waals surface area contributed by atoms with Crippen molar-refractivity contribution in [3.63, 3.8) is 0 Å². The van der Waals surface area contributed by atoms with Crippen LogP contribution in [0.25, 0.3) is 10.9 Å². The van der Waals surface area contributed by atoms with Gasteiger partial charge in [-0.1, -0.05) is 18.2 Å². The minimum absolute atomic E-state index is 0.0379. The number of fused-ring (bicyclic) bond motifs is 1. The van der Waals surface area contributed by atoms with Crippen molar-refractivity contribution in [3.05, 3.63) is 41.6 Å². The molecule has 7 heteroatoms. The maximum atomic E-state index is 12.6. The van der Waals surface area contributed by atoms with E-state index in [0.29, 0.717) is 12.4 Å². The van der Waals surface area contributed by atoms with E-state index >= 15 is 0 Å². The molecule has 1 unspecified atom stereocenters. The van der Waals surface area contributed by atoms with Crippen LogP contribution in [0.1, 0.15) is 12.2 Å². The number of nitrogens with one attached hydrogen (secondary N) is 1. The third-order valence-corrected chi connectivity index (χ3v) is 5.38. The number of nitrogens with zero attached hydrogens (tertiary/aromatic N) is 4. The Hall–Kier alpha value is -2.12. The summed E-state index contributed by atoms with van der Waals surface area (Å²) < 4.78 is 0. The maximum absolute atomic E-state index is 12.6. The van der Waals surface area contributed by atoms with Gasteiger partial charge < -0.3 is 15.1 Å². The van der Waals surface area contributed by atoms with Gasteiger partial charge in [-0.25, -0.2) is 9.97 Å². The third-order valence-electron chi connectivity index (χ3n) is 4.48. The molecule has 1 aliphatic rings. The van der Waals surface area contributed by atoms with Crippen molar-refractivity contribution < 1.29 is 4.79 Å². The van der Waals surface area contributed by atoms with Gasteiger partial charge in [-0.15, -0.1) is 11.8 Å². The smallest absolute Gasteiger partial charge is 0.230 e. The second-order valence-electron chi connectivity index (χ2n) is 7.05. The van der Waals surface area contributed by atoms with Crippen molar-refractivity contribution in [2.75, 3.05) is 45.3 Å².